The molecule has 2 heterocycles. The summed E-state index contributed by atoms with van der Waals surface area (Å²) in [5.74, 6) is 0.0860. The Morgan fingerprint density at radius 1 is 1.45 bits per heavy atom. The summed E-state index contributed by atoms with van der Waals surface area (Å²) in [6.07, 6.45) is 2.32. The fourth-order valence-electron chi connectivity index (χ4n) is 3.21. The van der Waals surface area contributed by atoms with Gasteiger partial charge in [0.2, 0.25) is 0 Å². The van der Waals surface area contributed by atoms with Crippen molar-refractivity contribution >= 4 is 5.91 Å². The molecule has 3 rings (SSSR count). The average Bonchev–Trinajstić information content (AvgIpc) is 3.04. The molecular formula is C16H21NO3. The van der Waals surface area contributed by atoms with E-state index in [1.54, 1.807) is 6.92 Å². The summed E-state index contributed by atoms with van der Waals surface area (Å²) in [5.41, 5.74) is 3.05. The SMILES string of the molecule is CC(O)CC1CCCN1C(=O)c1ccc2c(c1)COC2. The van der Waals surface area contributed by atoms with E-state index < -0.39 is 0 Å². The molecule has 0 saturated carbocycles. The zero-order chi connectivity index (χ0) is 14.1. The highest BCUT2D eigenvalue weighted by atomic mass is 16.5. The minimum atomic E-state index is -0.359. The molecule has 2 aliphatic heterocycles. The molecule has 20 heavy (non-hydrogen) atoms. The van der Waals surface area contributed by atoms with Gasteiger partial charge >= 0.3 is 0 Å². The van der Waals surface area contributed by atoms with Crippen LogP contribution in [-0.4, -0.2) is 34.6 Å². The molecule has 0 aromatic heterocycles. The summed E-state index contributed by atoms with van der Waals surface area (Å²) in [5, 5.41) is 9.56. The zero-order valence-corrected chi connectivity index (χ0v) is 11.8. The van der Waals surface area contributed by atoms with E-state index in [0.717, 1.165) is 30.5 Å². The highest BCUT2D eigenvalue weighted by molar-refractivity contribution is 5.95. The van der Waals surface area contributed by atoms with Gasteiger partial charge in [-0.3, -0.25) is 4.79 Å². The number of carbonyl (C=O) groups excluding carboxylic acids is 1. The number of aliphatic hydroxyl groups is 1. The van der Waals surface area contributed by atoms with Gasteiger partial charge in [0.05, 0.1) is 19.3 Å². The number of benzene rings is 1. The normalized spacial score (nSPS) is 22.9. The quantitative estimate of drug-likeness (QED) is 0.919. The van der Waals surface area contributed by atoms with Crippen molar-refractivity contribution in [3.63, 3.8) is 0 Å². The van der Waals surface area contributed by atoms with Crippen LogP contribution in [0.4, 0.5) is 0 Å². The van der Waals surface area contributed by atoms with Crippen LogP contribution in [0.3, 0.4) is 0 Å². The van der Waals surface area contributed by atoms with Crippen molar-refractivity contribution in [3.8, 4) is 0 Å². The van der Waals surface area contributed by atoms with E-state index in [9.17, 15) is 9.90 Å². The molecule has 0 aliphatic carbocycles. The van der Waals surface area contributed by atoms with Gasteiger partial charge in [-0.1, -0.05) is 6.07 Å². The third-order valence-electron chi connectivity index (χ3n) is 4.22. The number of hydrogen-bond donors (Lipinski definition) is 1. The average molecular weight is 275 g/mol. The number of amides is 1. The zero-order valence-electron chi connectivity index (χ0n) is 11.8. The molecule has 0 bridgehead atoms. The molecule has 1 amide bonds. The van der Waals surface area contributed by atoms with E-state index in [-0.39, 0.29) is 18.1 Å². The van der Waals surface area contributed by atoms with Crippen molar-refractivity contribution in [3.05, 3.63) is 34.9 Å². The first-order valence-electron chi connectivity index (χ1n) is 7.33. The summed E-state index contributed by atoms with van der Waals surface area (Å²) in [6.45, 7) is 3.84. The molecule has 0 spiro atoms. The molecule has 108 valence electrons. The molecule has 4 heteroatoms. The standard InChI is InChI=1S/C16H21NO3/c1-11(18)7-15-3-2-6-17(15)16(19)12-4-5-13-9-20-10-14(13)8-12/h4-5,8,11,15,18H,2-3,6-7,9-10H2,1H3. The first-order valence-corrected chi connectivity index (χ1v) is 7.33. The molecule has 4 nitrogen and oxygen atoms in total. The summed E-state index contributed by atoms with van der Waals surface area (Å²) in [4.78, 5) is 14.6. The molecule has 1 saturated heterocycles. The van der Waals surface area contributed by atoms with Crippen molar-refractivity contribution in [2.24, 2.45) is 0 Å². The largest absolute Gasteiger partial charge is 0.393 e. The van der Waals surface area contributed by atoms with Crippen molar-refractivity contribution in [1.29, 1.82) is 0 Å². The summed E-state index contributed by atoms with van der Waals surface area (Å²) < 4.78 is 5.39. The first-order chi connectivity index (χ1) is 9.65. The van der Waals surface area contributed by atoms with E-state index in [2.05, 4.69) is 0 Å². The molecule has 0 radical (unpaired) electrons. The minimum Gasteiger partial charge on any atom is -0.393 e. The van der Waals surface area contributed by atoms with Gasteiger partial charge in [0.25, 0.3) is 5.91 Å². The molecule has 2 aliphatic rings. The molecule has 1 aromatic rings. The van der Waals surface area contributed by atoms with Crippen molar-refractivity contribution in [2.45, 2.75) is 51.5 Å². The Labute approximate surface area is 119 Å². The van der Waals surface area contributed by atoms with Crippen LogP contribution in [0.5, 0.6) is 0 Å². The second-order valence-electron chi connectivity index (χ2n) is 5.86. The van der Waals surface area contributed by atoms with Crippen LogP contribution in [-0.2, 0) is 18.0 Å². The van der Waals surface area contributed by atoms with Crippen LogP contribution in [0.1, 0.15) is 47.7 Å². The van der Waals surface area contributed by atoms with Crippen LogP contribution in [0.2, 0.25) is 0 Å². The predicted molar refractivity (Wildman–Crippen MR) is 75.3 cm³/mol. The number of nitrogens with zero attached hydrogens (tertiary/aromatic N) is 1. The number of likely N-dealkylation sites (tertiary alicyclic amines) is 1. The molecule has 1 N–H and O–H groups in total. The van der Waals surface area contributed by atoms with E-state index >= 15 is 0 Å². The van der Waals surface area contributed by atoms with Gasteiger partial charge in [-0.2, -0.15) is 0 Å². The number of carbonyl (C=O) groups is 1. The maximum absolute atomic E-state index is 12.6. The Balaban J connectivity index is 1.78. The van der Waals surface area contributed by atoms with Gasteiger partial charge in [-0.15, -0.1) is 0 Å². The molecule has 1 aromatic carbocycles. The number of aliphatic hydroxyl groups excluding tert-OH is 1. The molecule has 2 unspecified atom stereocenters. The van der Waals surface area contributed by atoms with E-state index in [0.29, 0.717) is 19.6 Å². The Kier molecular flexibility index (Phi) is 3.76. The lowest BCUT2D eigenvalue weighted by Gasteiger charge is -2.26. The monoisotopic (exact) mass is 275 g/mol. The van der Waals surface area contributed by atoms with Gasteiger partial charge in [0, 0.05) is 18.2 Å². The Morgan fingerprint density at radius 3 is 3.05 bits per heavy atom. The van der Waals surface area contributed by atoms with Crippen LogP contribution >= 0.6 is 0 Å². The number of rotatable bonds is 3. The van der Waals surface area contributed by atoms with Gasteiger partial charge in [0.15, 0.2) is 0 Å². The molecule has 1 fully saturated rings. The maximum atomic E-state index is 12.6. The number of ether oxygens (including phenoxy) is 1. The van der Waals surface area contributed by atoms with Crippen molar-refractivity contribution in [2.75, 3.05) is 6.54 Å². The second-order valence-corrected chi connectivity index (χ2v) is 5.86. The summed E-state index contributed by atoms with van der Waals surface area (Å²) in [6, 6.07) is 6.03. The Bertz CT molecular complexity index is 512. The lowest BCUT2D eigenvalue weighted by molar-refractivity contribution is 0.0682. The topological polar surface area (TPSA) is 49.8 Å². The molecular weight excluding hydrogens is 254 g/mol. The van der Waals surface area contributed by atoms with Crippen LogP contribution in [0, 0.1) is 0 Å². The van der Waals surface area contributed by atoms with Crippen LogP contribution < -0.4 is 0 Å². The van der Waals surface area contributed by atoms with Gasteiger partial charge < -0.3 is 14.7 Å². The first kappa shape index (κ1) is 13.6. The van der Waals surface area contributed by atoms with Crippen molar-refractivity contribution in [1.82, 2.24) is 4.90 Å². The third-order valence-corrected chi connectivity index (χ3v) is 4.22. The fourth-order valence-corrected chi connectivity index (χ4v) is 3.21. The fraction of sp³-hybridized carbons (Fsp3) is 0.562. The van der Waals surface area contributed by atoms with Crippen LogP contribution in [0.25, 0.3) is 0 Å². The van der Waals surface area contributed by atoms with Crippen LogP contribution in [0.15, 0.2) is 18.2 Å². The van der Waals surface area contributed by atoms with Gasteiger partial charge in [-0.05, 0) is 49.4 Å². The van der Waals surface area contributed by atoms with Gasteiger partial charge in [0.1, 0.15) is 0 Å². The predicted octanol–water partition coefficient (Wildman–Crippen LogP) is 2.09. The lowest BCUT2D eigenvalue weighted by atomic mass is 10.0. The highest BCUT2D eigenvalue weighted by Gasteiger charge is 2.30. The maximum Gasteiger partial charge on any atom is 0.254 e. The van der Waals surface area contributed by atoms with Gasteiger partial charge in [-0.25, -0.2) is 0 Å². The number of hydrogen-bond acceptors (Lipinski definition) is 3. The third kappa shape index (κ3) is 2.58. The van der Waals surface area contributed by atoms with Crippen molar-refractivity contribution < 1.29 is 14.6 Å². The van der Waals surface area contributed by atoms with E-state index in [1.807, 2.05) is 23.1 Å². The van der Waals surface area contributed by atoms with E-state index in [4.69, 9.17) is 4.74 Å². The Hall–Kier alpha value is -1.39. The lowest BCUT2D eigenvalue weighted by Crippen LogP contribution is -2.37. The van der Waals surface area contributed by atoms with E-state index in [1.165, 1.54) is 5.56 Å². The summed E-state index contributed by atoms with van der Waals surface area (Å²) >= 11 is 0. The number of fused-ring (bicyclic) bond motifs is 1. The summed E-state index contributed by atoms with van der Waals surface area (Å²) in [7, 11) is 0. The molecule has 2 atom stereocenters. The minimum absolute atomic E-state index is 0.0860. The second kappa shape index (κ2) is 5.54. The highest BCUT2D eigenvalue weighted by Crippen LogP contribution is 2.26. The smallest absolute Gasteiger partial charge is 0.254 e. The Morgan fingerprint density at radius 2 is 2.25 bits per heavy atom.